The molecule has 37 heavy (non-hydrogen) atoms. The van der Waals surface area contributed by atoms with Crippen molar-refractivity contribution in [3.63, 3.8) is 0 Å². The van der Waals surface area contributed by atoms with Crippen molar-refractivity contribution >= 4 is 23.3 Å². The van der Waals surface area contributed by atoms with Crippen LogP contribution in [0.15, 0.2) is 96.2 Å². The average molecular weight is 490 g/mol. The zero-order valence-corrected chi connectivity index (χ0v) is 21.1. The standard InChI is InChI=1S/C32H31N3O2/c1-24(36)28-11-7-12-29(22-28)26-15-17-27(18-16-26)30-13-8-19-33-35(23-30)32(37)34-20-6-5-14-31(34)21-25-9-3-2-4-10-25/h2-4,7-12,15-18,22-23,31H,5-6,13-14,20-21H2,1H3. The lowest BCUT2D eigenvalue weighted by Gasteiger charge is -2.37. The molecule has 0 spiro atoms. The number of allylic oxidation sites excluding steroid dienone is 2. The number of piperidine rings is 1. The molecule has 3 aromatic carbocycles. The second kappa shape index (κ2) is 11.2. The van der Waals surface area contributed by atoms with Gasteiger partial charge in [0, 0.05) is 36.6 Å². The molecule has 1 saturated heterocycles. The van der Waals surface area contributed by atoms with Crippen LogP contribution in [0.3, 0.4) is 0 Å². The molecule has 0 aliphatic carbocycles. The van der Waals surface area contributed by atoms with Crippen LogP contribution < -0.4 is 0 Å². The monoisotopic (exact) mass is 489 g/mol. The number of urea groups is 1. The van der Waals surface area contributed by atoms with Gasteiger partial charge in [0.1, 0.15) is 0 Å². The minimum Gasteiger partial charge on any atom is -0.320 e. The molecule has 5 heteroatoms. The van der Waals surface area contributed by atoms with Crippen molar-refractivity contribution in [2.75, 3.05) is 6.54 Å². The maximum Gasteiger partial charge on any atom is 0.345 e. The van der Waals surface area contributed by atoms with Crippen molar-refractivity contribution in [1.82, 2.24) is 9.91 Å². The van der Waals surface area contributed by atoms with Gasteiger partial charge in [0.05, 0.1) is 0 Å². The first-order valence-electron chi connectivity index (χ1n) is 12.9. The van der Waals surface area contributed by atoms with Gasteiger partial charge in [0.15, 0.2) is 5.78 Å². The zero-order chi connectivity index (χ0) is 25.6. The van der Waals surface area contributed by atoms with E-state index in [-0.39, 0.29) is 17.9 Å². The van der Waals surface area contributed by atoms with Crippen LogP contribution in [0.1, 0.15) is 54.1 Å². The Morgan fingerprint density at radius 3 is 2.49 bits per heavy atom. The van der Waals surface area contributed by atoms with Crippen LogP contribution in [-0.4, -0.2) is 40.2 Å². The molecule has 1 atom stereocenters. The molecule has 2 heterocycles. The molecule has 5 rings (SSSR count). The molecule has 186 valence electrons. The van der Waals surface area contributed by atoms with Gasteiger partial charge < -0.3 is 4.90 Å². The average Bonchev–Trinajstić information content (AvgIpc) is 3.20. The third-order valence-corrected chi connectivity index (χ3v) is 7.10. The van der Waals surface area contributed by atoms with Crippen LogP contribution in [0.25, 0.3) is 16.7 Å². The Morgan fingerprint density at radius 2 is 1.70 bits per heavy atom. The molecule has 2 amide bonds. The Morgan fingerprint density at radius 1 is 0.919 bits per heavy atom. The number of carbonyl (C=O) groups is 2. The largest absolute Gasteiger partial charge is 0.345 e. The van der Waals surface area contributed by atoms with Gasteiger partial charge in [-0.05, 0) is 72.6 Å². The summed E-state index contributed by atoms with van der Waals surface area (Å²) in [6, 6.07) is 26.3. The van der Waals surface area contributed by atoms with Gasteiger partial charge in [-0.15, -0.1) is 5.10 Å². The molecule has 2 aliphatic heterocycles. The van der Waals surface area contributed by atoms with Gasteiger partial charge in [0.25, 0.3) is 0 Å². The Kier molecular flexibility index (Phi) is 7.43. The Labute approximate surface area is 218 Å². The summed E-state index contributed by atoms with van der Waals surface area (Å²) in [7, 11) is 0. The molecular formula is C32H31N3O2. The van der Waals surface area contributed by atoms with E-state index in [0.29, 0.717) is 12.0 Å². The van der Waals surface area contributed by atoms with Gasteiger partial charge in [-0.2, -0.15) is 5.01 Å². The number of hydrogen-bond donors (Lipinski definition) is 0. The number of amides is 2. The van der Waals surface area contributed by atoms with Crippen LogP contribution in [0.2, 0.25) is 0 Å². The highest BCUT2D eigenvalue weighted by atomic mass is 16.2. The SMILES string of the molecule is CC(=O)c1cccc(-c2ccc(C3=CN(C(=O)N4CCCCC4Cc4ccccc4)N=C=CC3)cc2)c1. The van der Waals surface area contributed by atoms with Crippen LogP contribution in [-0.2, 0) is 6.42 Å². The van der Waals surface area contributed by atoms with Gasteiger partial charge in [0.2, 0.25) is 0 Å². The van der Waals surface area contributed by atoms with Crippen molar-refractivity contribution < 1.29 is 9.59 Å². The van der Waals surface area contributed by atoms with Crippen LogP contribution in [0.5, 0.6) is 0 Å². The first-order valence-corrected chi connectivity index (χ1v) is 12.9. The summed E-state index contributed by atoms with van der Waals surface area (Å²) in [5, 5.41) is 5.79. The maximum absolute atomic E-state index is 13.6. The van der Waals surface area contributed by atoms with E-state index in [1.54, 1.807) is 6.92 Å². The summed E-state index contributed by atoms with van der Waals surface area (Å²) in [5.41, 5.74) is 6.02. The fourth-order valence-corrected chi connectivity index (χ4v) is 5.06. The molecule has 0 aromatic heterocycles. The number of ketones is 1. The van der Waals surface area contributed by atoms with Gasteiger partial charge in [-0.3, -0.25) is 4.79 Å². The molecule has 2 aliphatic rings. The van der Waals surface area contributed by atoms with E-state index in [1.807, 2.05) is 47.5 Å². The van der Waals surface area contributed by atoms with Gasteiger partial charge in [-0.25, -0.2) is 4.79 Å². The minimum absolute atomic E-state index is 0.0540. The van der Waals surface area contributed by atoms with E-state index in [4.69, 9.17) is 0 Å². The van der Waals surface area contributed by atoms with Crippen molar-refractivity contribution in [1.29, 1.82) is 0 Å². The van der Waals surface area contributed by atoms with Crippen LogP contribution in [0, 0.1) is 0 Å². The summed E-state index contributed by atoms with van der Waals surface area (Å²) in [5.74, 6) is 2.98. The highest BCUT2D eigenvalue weighted by molar-refractivity contribution is 5.95. The van der Waals surface area contributed by atoms with E-state index >= 15 is 0 Å². The Bertz CT molecular complexity index is 1370. The Balaban J connectivity index is 1.36. The summed E-state index contributed by atoms with van der Waals surface area (Å²) in [6.45, 7) is 2.32. The number of Topliss-reactive ketones (excluding diaryl/α,β-unsaturated/α-hetero) is 1. The molecule has 1 fully saturated rings. The molecule has 0 N–H and O–H groups in total. The second-order valence-corrected chi connectivity index (χ2v) is 9.67. The van der Waals surface area contributed by atoms with Gasteiger partial charge >= 0.3 is 6.03 Å². The first kappa shape index (κ1) is 24.5. The predicted octanol–water partition coefficient (Wildman–Crippen LogP) is 6.96. The summed E-state index contributed by atoms with van der Waals surface area (Å²) >= 11 is 0. The van der Waals surface area contributed by atoms with Crippen molar-refractivity contribution in [3.8, 4) is 11.1 Å². The zero-order valence-electron chi connectivity index (χ0n) is 21.1. The molecule has 0 saturated carbocycles. The number of rotatable bonds is 5. The molecular weight excluding hydrogens is 458 g/mol. The predicted molar refractivity (Wildman–Crippen MR) is 148 cm³/mol. The highest BCUT2D eigenvalue weighted by Gasteiger charge is 2.30. The van der Waals surface area contributed by atoms with E-state index in [1.165, 1.54) is 10.6 Å². The van der Waals surface area contributed by atoms with Crippen LogP contribution >= 0.6 is 0 Å². The van der Waals surface area contributed by atoms with Crippen molar-refractivity contribution in [3.05, 3.63) is 108 Å². The molecule has 5 nitrogen and oxygen atoms in total. The topological polar surface area (TPSA) is 53.0 Å². The first-order chi connectivity index (χ1) is 18.1. The fraction of sp³-hybridized carbons (Fsp3) is 0.250. The lowest BCUT2D eigenvalue weighted by molar-refractivity contribution is 0.101. The summed E-state index contributed by atoms with van der Waals surface area (Å²) in [4.78, 5) is 27.4. The number of benzene rings is 3. The Hall–Kier alpha value is -4.21. The third-order valence-electron chi connectivity index (χ3n) is 7.10. The van der Waals surface area contributed by atoms with E-state index in [2.05, 4.69) is 59.5 Å². The van der Waals surface area contributed by atoms with E-state index < -0.39 is 0 Å². The summed E-state index contributed by atoms with van der Waals surface area (Å²) < 4.78 is 0. The normalized spacial score (nSPS) is 17.3. The van der Waals surface area contributed by atoms with E-state index in [0.717, 1.165) is 54.5 Å². The van der Waals surface area contributed by atoms with E-state index in [9.17, 15) is 9.59 Å². The quantitative estimate of drug-likeness (QED) is 0.364. The molecule has 0 bridgehead atoms. The van der Waals surface area contributed by atoms with Gasteiger partial charge in [-0.1, -0.05) is 72.8 Å². The molecule has 3 aromatic rings. The lowest BCUT2D eigenvalue weighted by atomic mass is 9.96. The highest BCUT2D eigenvalue weighted by Crippen LogP contribution is 2.28. The number of likely N-dealkylation sites (tertiary alicyclic amines) is 1. The molecule has 1 unspecified atom stereocenters. The lowest BCUT2D eigenvalue weighted by Crippen LogP contribution is -2.48. The number of carbonyl (C=O) groups excluding carboxylic acids is 2. The summed E-state index contributed by atoms with van der Waals surface area (Å²) in [6.07, 6.45) is 8.33. The third kappa shape index (κ3) is 5.79. The van der Waals surface area contributed by atoms with Crippen molar-refractivity contribution in [2.45, 2.75) is 45.1 Å². The number of hydrazone groups is 1. The number of hydrogen-bond acceptors (Lipinski definition) is 3. The smallest absolute Gasteiger partial charge is 0.320 e. The fourth-order valence-electron chi connectivity index (χ4n) is 5.06. The molecule has 0 radical (unpaired) electrons. The minimum atomic E-state index is -0.0985. The van der Waals surface area contributed by atoms with Crippen LogP contribution in [0.4, 0.5) is 4.79 Å². The van der Waals surface area contributed by atoms with Crippen molar-refractivity contribution in [2.24, 2.45) is 5.10 Å². The number of nitrogens with zero attached hydrogens (tertiary/aromatic N) is 3. The second-order valence-electron chi connectivity index (χ2n) is 9.67. The maximum atomic E-state index is 13.6.